The highest BCUT2D eigenvalue weighted by Gasteiger charge is 1.99. The molecular formula is C7H8O4. The van der Waals surface area contributed by atoms with E-state index >= 15 is 0 Å². The Morgan fingerprint density at radius 1 is 1.55 bits per heavy atom. The third-order valence-electron chi connectivity index (χ3n) is 1.22. The molecule has 1 aromatic heterocycles. The van der Waals surface area contributed by atoms with Crippen molar-refractivity contribution >= 4 is 0 Å². The molecule has 11 heavy (non-hydrogen) atoms. The van der Waals surface area contributed by atoms with Crippen LogP contribution in [0.15, 0.2) is 21.5 Å². The van der Waals surface area contributed by atoms with E-state index in [1.165, 1.54) is 0 Å². The minimum atomic E-state index is -0.486. The molecular weight excluding hydrogens is 148 g/mol. The standard InChI is InChI=1S/C7H8O4/c8-2-1-5-3-6(9)7(10)4-11-5/h3-4,8,10H,1-2H2. The van der Waals surface area contributed by atoms with Crippen LogP contribution in [0, 0.1) is 0 Å². The molecule has 0 aromatic carbocycles. The van der Waals surface area contributed by atoms with Crippen LogP contribution in [0.25, 0.3) is 0 Å². The topological polar surface area (TPSA) is 70.7 Å². The maximum absolute atomic E-state index is 10.7. The van der Waals surface area contributed by atoms with Gasteiger partial charge in [0.25, 0.3) is 0 Å². The third kappa shape index (κ3) is 1.81. The van der Waals surface area contributed by atoms with E-state index in [1.807, 2.05) is 0 Å². The summed E-state index contributed by atoms with van der Waals surface area (Å²) in [7, 11) is 0. The number of aromatic hydroxyl groups is 1. The normalized spacial score (nSPS) is 9.91. The number of rotatable bonds is 2. The van der Waals surface area contributed by atoms with Crippen molar-refractivity contribution in [2.75, 3.05) is 6.61 Å². The molecule has 0 radical (unpaired) electrons. The molecule has 0 amide bonds. The second-order valence-corrected chi connectivity index (χ2v) is 2.07. The molecule has 1 rings (SSSR count). The van der Waals surface area contributed by atoms with Gasteiger partial charge in [-0.05, 0) is 0 Å². The maximum Gasteiger partial charge on any atom is 0.226 e. The van der Waals surface area contributed by atoms with Gasteiger partial charge in [-0.2, -0.15) is 0 Å². The average Bonchev–Trinajstić information content (AvgIpc) is 1.98. The first-order chi connectivity index (χ1) is 5.24. The van der Waals surface area contributed by atoms with Crippen molar-refractivity contribution in [3.05, 3.63) is 28.3 Å². The summed E-state index contributed by atoms with van der Waals surface area (Å²) >= 11 is 0. The third-order valence-corrected chi connectivity index (χ3v) is 1.22. The van der Waals surface area contributed by atoms with Crippen molar-refractivity contribution in [1.82, 2.24) is 0 Å². The van der Waals surface area contributed by atoms with Crippen LogP contribution in [0.2, 0.25) is 0 Å². The molecule has 1 heterocycles. The van der Waals surface area contributed by atoms with Crippen molar-refractivity contribution < 1.29 is 14.6 Å². The molecule has 2 N–H and O–H groups in total. The van der Waals surface area contributed by atoms with Crippen molar-refractivity contribution in [2.45, 2.75) is 6.42 Å². The van der Waals surface area contributed by atoms with Gasteiger partial charge < -0.3 is 14.6 Å². The Labute approximate surface area is 62.7 Å². The van der Waals surface area contributed by atoms with Crippen LogP contribution in [0.5, 0.6) is 5.75 Å². The smallest absolute Gasteiger partial charge is 0.226 e. The monoisotopic (exact) mass is 156 g/mol. The van der Waals surface area contributed by atoms with Crippen molar-refractivity contribution in [2.24, 2.45) is 0 Å². The molecule has 1 aromatic rings. The summed E-state index contributed by atoms with van der Waals surface area (Å²) < 4.78 is 4.77. The van der Waals surface area contributed by atoms with Crippen LogP contribution >= 0.6 is 0 Å². The number of aliphatic hydroxyl groups excluding tert-OH is 1. The minimum Gasteiger partial charge on any atom is -0.502 e. The van der Waals surface area contributed by atoms with E-state index in [0.717, 1.165) is 12.3 Å². The molecule has 0 fully saturated rings. The SMILES string of the molecule is O=c1cc(CCO)occ1O. The molecule has 0 unspecified atom stereocenters. The van der Waals surface area contributed by atoms with E-state index in [0.29, 0.717) is 5.76 Å². The van der Waals surface area contributed by atoms with E-state index in [1.54, 1.807) is 0 Å². The summed E-state index contributed by atoms with van der Waals surface area (Å²) in [4.78, 5) is 10.7. The van der Waals surface area contributed by atoms with Crippen LogP contribution in [-0.2, 0) is 6.42 Å². The second kappa shape index (κ2) is 3.21. The maximum atomic E-state index is 10.7. The largest absolute Gasteiger partial charge is 0.502 e. The first kappa shape index (κ1) is 7.81. The van der Waals surface area contributed by atoms with Gasteiger partial charge in [-0.3, -0.25) is 4.79 Å². The highest BCUT2D eigenvalue weighted by atomic mass is 16.4. The quantitative estimate of drug-likeness (QED) is 0.626. The predicted octanol–water partition coefficient (Wildman–Crippen LogP) is -0.120. The fraction of sp³-hybridized carbons (Fsp3) is 0.286. The van der Waals surface area contributed by atoms with Gasteiger partial charge in [-0.1, -0.05) is 0 Å². The zero-order chi connectivity index (χ0) is 8.27. The molecule has 4 heteroatoms. The Balaban J connectivity index is 2.96. The van der Waals surface area contributed by atoms with Gasteiger partial charge in [0.05, 0.1) is 6.61 Å². The van der Waals surface area contributed by atoms with Crippen molar-refractivity contribution in [1.29, 1.82) is 0 Å². The lowest BCUT2D eigenvalue weighted by atomic mass is 10.3. The number of hydrogen-bond donors (Lipinski definition) is 2. The fourth-order valence-corrected chi connectivity index (χ4v) is 0.685. The van der Waals surface area contributed by atoms with Crippen LogP contribution in [0.1, 0.15) is 5.76 Å². The van der Waals surface area contributed by atoms with Crippen molar-refractivity contribution in [3.63, 3.8) is 0 Å². The van der Waals surface area contributed by atoms with Gasteiger partial charge in [0.2, 0.25) is 5.43 Å². The van der Waals surface area contributed by atoms with E-state index < -0.39 is 11.2 Å². The van der Waals surface area contributed by atoms with Gasteiger partial charge >= 0.3 is 0 Å². The summed E-state index contributed by atoms with van der Waals surface area (Å²) in [5.41, 5.74) is -0.486. The van der Waals surface area contributed by atoms with Gasteiger partial charge in [0.15, 0.2) is 5.75 Å². The van der Waals surface area contributed by atoms with Gasteiger partial charge in [0.1, 0.15) is 12.0 Å². The second-order valence-electron chi connectivity index (χ2n) is 2.07. The first-order valence-electron chi connectivity index (χ1n) is 3.15. The number of aliphatic hydroxyl groups is 1. The fourth-order valence-electron chi connectivity index (χ4n) is 0.685. The zero-order valence-electron chi connectivity index (χ0n) is 5.78. The summed E-state index contributed by atoms with van der Waals surface area (Å²) in [6.07, 6.45) is 1.25. The Morgan fingerprint density at radius 3 is 2.82 bits per heavy atom. The van der Waals surface area contributed by atoms with E-state index in [9.17, 15) is 4.79 Å². The van der Waals surface area contributed by atoms with Crippen LogP contribution in [-0.4, -0.2) is 16.8 Å². The molecule has 0 atom stereocenters. The molecule has 0 saturated heterocycles. The molecule has 4 nitrogen and oxygen atoms in total. The van der Waals surface area contributed by atoms with Crippen molar-refractivity contribution in [3.8, 4) is 5.75 Å². The van der Waals surface area contributed by atoms with Crippen LogP contribution in [0.3, 0.4) is 0 Å². The number of hydrogen-bond acceptors (Lipinski definition) is 4. The average molecular weight is 156 g/mol. The molecule has 0 spiro atoms. The zero-order valence-corrected chi connectivity index (χ0v) is 5.78. The molecule has 0 aliphatic heterocycles. The lowest BCUT2D eigenvalue weighted by Gasteiger charge is -1.95. The van der Waals surface area contributed by atoms with E-state index in [2.05, 4.69) is 0 Å². The molecule has 60 valence electrons. The van der Waals surface area contributed by atoms with E-state index in [4.69, 9.17) is 14.6 Å². The van der Waals surface area contributed by atoms with Gasteiger partial charge in [0, 0.05) is 12.5 Å². The Morgan fingerprint density at radius 2 is 2.27 bits per heavy atom. The lowest BCUT2D eigenvalue weighted by Crippen LogP contribution is -2.01. The summed E-state index contributed by atoms with van der Waals surface area (Å²) in [5, 5.41) is 17.2. The molecule has 0 saturated carbocycles. The Bertz CT molecular complexity index is 289. The highest BCUT2D eigenvalue weighted by Crippen LogP contribution is 2.02. The summed E-state index contributed by atoms with van der Waals surface area (Å²) in [6, 6.07) is 1.16. The summed E-state index contributed by atoms with van der Waals surface area (Å²) in [5.74, 6) is -0.0398. The minimum absolute atomic E-state index is 0.0757. The first-order valence-corrected chi connectivity index (χ1v) is 3.15. The van der Waals surface area contributed by atoms with E-state index in [-0.39, 0.29) is 13.0 Å². The van der Waals surface area contributed by atoms with Gasteiger partial charge in [-0.25, -0.2) is 0 Å². The summed E-state index contributed by atoms with van der Waals surface area (Å²) in [6.45, 7) is -0.0757. The Kier molecular flexibility index (Phi) is 2.28. The molecule has 0 aliphatic rings. The van der Waals surface area contributed by atoms with Crippen LogP contribution < -0.4 is 5.43 Å². The highest BCUT2D eigenvalue weighted by molar-refractivity contribution is 5.15. The van der Waals surface area contributed by atoms with Crippen LogP contribution in [0.4, 0.5) is 0 Å². The van der Waals surface area contributed by atoms with Gasteiger partial charge in [-0.15, -0.1) is 0 Å². The lowest BCUT2D eigenvalue weighted by molar-refractivity contribution is 0.284. The Hall–Kier alpha value is -1.29. The molecule has 0 aliphatic carbocycles. The molecule has 0 bridgehead atoms. The predicted molar refractivity (Wildman–Crippen MR) is 37.4 cm³/mol.